The molecule has 1 saturated carbocycles. The van der Waals surface area contributed by atoms with E-state index in [2.05, 4.69) is 15.5 Å². The van der Waals surface area contributed by atoms with E-state index in [9.17, 15) is 13.2 Å². The molecule has 2 aromatic heterocycles. The minimum absolute atomic E-state index is 0.0770. The SMILES string of the molecule is Cc1nn(C2CCS(=O)(=O)C2)c(C)c1CN(C)CC(=O)Nc1ccnn1C1CCCC1. The molecule has 4 rings (SSSR count). The molecule has 2 aliphatic rings. The van der Waals surface area contributed by atoms with Gasteiger partial charge in [0.05, 0.1) is 42.0 Å². The van der Waals surface area contributed by atoms with Crippen molar-refractivity contribution in [3.63, 3.8) is 0 Å². The van der Waals surface area contributed by atoms with Crippen molar-refractivity contribution >= 4 is 21.6 Å². The molecule has 10 heteroatoms. The van der Waals surface area contributed by atoms with E-state index in [0.29, 0.717) is 19.0 Å². The Labute approximate surface area is 183 Å². The van der Waals surface area contributed by atoms with Crippen molar-refractivity contribution in [1.29, 1.82) is 0 Å². The van der Waals surface area contributed by atoms with Gasteiger partial charge >= 0.3 is 0 Å². The van der Waals surface area contributed by atoms with E-state index < -0.39 is 9.84 Å². The summed E-state index contributed by atoms with van der Waals surface area (Å²) < 4.78 is 27.5. The van der Waals surface area contributed by atoms with E-state index in [-0.39, 0.29) is 30.0 Å². The summed E-state index contributed by atoms with van der Waals surface area (Å²) in [5, 5.41) is 12.0. The number of anilines is 1. The topological polar surface area (TPSA) is 102 Å². The van der Waals surface area contributed by atoms with Crippen LogP contribution < -0.4 is 5.32 Å². The highest BCUT2D eigenvalue weighted by Crippen LogP contribution is 2.31. The summed E-state index contributed by atoms with van der Waals surface area (Å²) in [4.78, 5) is 14.6. The van der Waals surface area contributed by atoms with Crippen molar-refractivity contribution in [2.45, 2.75) is 64.6 Å². The van der Waals surface area contributed by atoms with Gasteiger partial charge < -0.3 is 5.32 Å². The Morgan fingerprint density at radius 1 is 1.19 bits per heavy atom. The van der Waals surface area contributed by atoms with Gasteiger partial charge in [-0.05, 0) is 40.2 Å². The Balaban J connectivity index is 1.37. The molecule has 0 radical (unpaired) electrons. The number of amides is 1. The molecular formula is C21H32N6O3S. The van der Waals surface area contributed by atoms with Gasteiger partial charge in [-0.2, -0.15) is 10.2 Å². The van der Waals surface area contributed by atoms with Gasteiger partial charge in [0.2, 0.25) is 5.91 Å². The molecule has 9 nitrogen and oxygen atoms in total. The predicted molar refractivity (Wildman–Crippen MR) is 119 cm³/mol. The van der Waals surface area contributed by atoms with Crippen LogP contribution in [0.1, 0.15) is 61.1 Å². The predicted octanol–water partition coefficient (Wildman–Crippen LogP) is 2.24. The average molecular weight is 449 g/mol. The lowest BCUT2D eigenvalue weighted by molar-refractivity contribution is -0.117. The first-order valence-electron chi connectivity index (χ1n) is 11.0. The van der Waals surface area contributed by atoms with Gasteiger partial charge in [0.25, 0.3) is 0 Å². The third-order valence-corrected chi connectivity index (χ3v) is 8.23. The van der Waals surface area contributed by atoms with E-state index in [4.69, 9.17) is 0 Å². The van der Waals surface area contributed by atoms with E-state index in [1.165, 1.54) is 12.8 Å². The second-order valence-electron chi connectivity index (χ2n) is 8.97. The first-order valence-corrected chi connectivity index (χ1v) is 12.8. The van der Waals surface area contributed by atoms with Crippen LogP contribution in [-0.4, -0.2) is 63.9 Å². The van der Waals surface area contributed by atoms with Crippen molar-refractivity contribution in [2.24, 2.45) is 0 Å². The maximum atomic E-state index is 12.7. The maximum absolute atomic E-state index is 12.7. The van der Waals surface area contributed by atoms with Gasteiger partial charge in [-0.15, -0.1) is 0 Å². The van der Waals surface area contributed by atoms with Gasteiger partial charge in [-0.3, -0.25) is 14.4 Å². The lowest BCUT2D eigenvalue weighted by Gasteiger charge is -2.19. The van der Waals surface area contributed by atoms with Crippen molar-refractivity contribution in [1.82, 2.24) is 24.5 Å². The fourth-order valence-corrected chi connectivity index (χ4v) is 6.55. The van der Waals surface area contributed by atoms with Crippen molar-refractivity contribution in [3.8, 4) is 0 Å². The Morgan fingerprint density at radius 3 is 2.61 bits per heavy atom. The van der Waals surface area contributed by atoms with Crippen LogP contribution in [-0.2, 0) is 21.2 Å². The monoisotopic (exact) mass is 448 g/mol. The highest BCUT2D eigenvalue weighted by molar-refractivity contribution is 7.91. The molecule has 1 amide bonds. The minimum Gasteiger partial charge on any atom is -0.310 e. The van der Waals surface area contributed by atoms with Crippen molar-refractivity contribution < 1.29 is 13.2 Å². The zero-order valence-electron chi connectivity index (χ0n) is 18.5. The minimum atomic E-state index is -2.97. The third kappa shape index (κ3) is 4.85. The lowest BCUT2D eigenvalue weighted by Crippen LogP contribution is -2.31. The molecule has 0 aromatic carbocycles. The van der Waals surface area contributed by atoms with Crippen LogP contribution in [0.15, 0.2) is 12.3 Å². The van der Waals surface area contributed by atoms with E-state index >= 15 is 0 Å². The average Bonchev–Trinajstić information content (AvgIpc) is 3.46. The normalized spacial score (nSPS) is 21.2. The van der Waals surface area contributed by atoms with Crippen LogP contribution in [0.3, 0.4) is 0 Å². The summed E-state index contributed by atoms with van der Waals surface area (Å²) in [6.07, 6.45) is 6.98. The molecule has 0 bridgehead atoms. The van der Waals surface area contributed by atoms with Gasteiger partial charge in [0, 0.05) is 23.9 Å². The number of aromatic nitrogens is 4. The molecule has 1 N–H and O–H groups in total. The van der Waals surface area contributed by atoms with E-state index in [1.54, 1.807) is 6.20 Å². The molecule has 1 aliphatic carbocycles. The molecule has 2 fully saturated rings. The smallest absolute Gasteiger partial charge is 0.239 e. The zero-order valence-corrected chi connectivity index (χ0v) is 19.4. The molecule has 1 saturated heterocycles. The maximum Gasteiger partial charge on any atom is 0.239 e. The quantitative estimate of drug-likeness (QED) is 0.697. The lowest BCUT2D eigenvalue weighted by atomic mass is 10.1. The summed E-state index contributed by atoms with van der Waals surface area (Å²) >= 11 is 0. The Bertz CT molecular complexity index is 1050. The molecule has 170 valence electrons. The van der Waals surface area contributed by atoms with Crippen LogP contribution in [0.5, 0.6) is 0 Å². The number of hydrogen-bond donors (Lipinski definition) is 1. The molecule has 3 heterocycles. The van der Waals surface area contributed by atoms with Gasteiger partial charge in [-0.1, -0.05) is 12.8 Å². The molecule has 1 aliphatic heterocycles. The number of sulfone groups is 1. The summed E-state index contributed by atoms with van der Waals surface area (Å²) in [5.41, 5.74) is 2.91. The molecule has 1 atom stereocenters. The van der Waals surface area contributed by atoms with Crippen LogP contribution in [0.25, 0.3) is 0 Å². The van der Waals surface area contributed by atoms with Crippen molar-refractivity contribution in [3.05, 3.63) is 29.2 Å². The zero-order chi connectivity index (χ0) is 22.2. The first-order chi connectivity index (χ1) is 14.7. The highest BCUT2D eigenvalue weighted by atomic mass is 32.2. The molecular weight excluding hydrogens is 416 g/mol. The Hall–Kier alpha value is -2.20. The summed E-state index contributed by atoms with van der Waals surface area (Å²) in [5.74, 6) is 1.06. The standard InChI is InChI=1S/C21H32N6O3S/c1-15-19(16(2)26(24-15)18-9-11-31(29,30)14-18)12-25(3)13-21(28)23-20-8-10-22-27(20)17-6-4-5-7-17/h8,10,17-18H,4-7,9,11-14H2,1-3H3,(H,23,28). The number of likely N-dealkylation sites (N-methyl/N-ethyl adjacent to an activating group) is 1. The van der Waals surface area contributed by atoms with Crippen molar-refractivity contribution in [2.75, 3.05) is 30.4 Å². The van der Waals surface area contributed by atoms with Gasteiger partial charge in [-0.25, -0.2) is 13.1 Å². The van der Waals surface area contributed by atoms with Crippen LogP contribution in [0, 0.1) is 13.8 Å². The highest BCUT2D eigenvalue weighted by Gasteiger charge is 2.31. The Morgan fingerprint density at radius 2 is 1.94 bits per heavy atom. The number of carbonyl (C=O) groups is 1. The molecule has 31 heavy (non-hydrogen) atoms. The van der Waals surface area contributed by atoms with Crippen LogP contribution >= 0.6 is 0 Å². The van der Waals surface area contributed by atoms with E-state index in [0.717, 1.165) is 35.6 Å². The fourth-order valence-electron chi connectivity index (χ4n) is 4.86. The summed E-state index contributed by atoms with van der Waals surface area (Å²) in [6.45, 7) is 4.74. The van der Waals surface area contributed by atoms with Gasteiger partial charge in [0.15, 0.2) is 9.84 Å². The molecule has 1 unspecified atom stereocenters. The first kappa shape index (κ1) is 22.0. The number of nitrogens with one attached hydrogen (secondary N) is 1. The Kier molecular flexibility index (Phi) is 6.20. The number of carbonyl (C=O) groups excluding carboxylic acids is 1. The third-order valence-electron chi connectivity index (χ3n) is 6.48. The fraction of sp³-hybridized carbons (Fsp3) is 0.667. The molecule has 2 aromatic rings. The number of nitrogens with zero attached hydrogens (tertiary/aromatic N) is 5. The molecule has 0 spiro atoms. The second kappa shape index (κ2) is 8.74. The van der Waals surface area contributed by atoms with E-state index in [1.807, 2.05) is 41.2 Å². The number of hydrogen-bond acceptors (Lipinski definition) is 6. The van der Waals surface area contributed by atoms with Gasteiger partial charge in [0.1, 0.15) is 5.82 Å². The van der Waals surface area contributed by atoms with Crippen LogP contribution in [0.4, 0.5) is 5.82 Å². The number of aryl methyl sites for hydroxylation is 1. The second-order valence-corrected chi connectivity index (χ2v) is 11.2. The number of rotatable bonds is 7. The largest absolute Gasteiger partial charge is 0.310 e. The summed E-state index contributed by atoms with van der Waals surface area (Å²) in [7, 11) is -1.06. The van der Waals surface area contributed by atoms with Crippen LogP contribution in [0.2, 0.25) is 0 Å². The summed E-state index contributed by atoms with van der Waals surface area (Å²) in [6, 6.07) is 2.13.